The number of nitrogens with two attached hydrogens (primary N) is 1. The Hall–Kier alpha value is -1.13. The van der Waals surface area contributed by atoms with E-state index in [2.05, 4.69) is 10.3 Å². The number of amides is 1. The Morgan fingerprint density at radius 2 is 2.39 bits per heavy atom. The molecule has 1 aromatic rings. The number of aryl methyl sites for hydroxylation is 1. The van der Waals surface area contributed by atoms with Gasteiger partial charge in [0, 0.05) is 12.1 Å². The summed E-state index contributed by atoms with van der Waals surface area (Å²) in [5.41, 5.74) is 7.24. The molecule has 98 valence electrons. The van der Waals surface area contributed by atoms with Crippen LogP contribution in [-0.2, 0) is 4.79 Å². The molecule has 5 heteroatoms. The van der Waals surface area contributed by atoms with E-state index >= 15 is 0 Å². The van der Waals surface area contributed by atoms with Crippen molar-refractivity contribution in [2.75, 3.05) is 11.9 Å². The summed E-state index contributed by atoms with van der Waals surface area (Å²) in [6.45, 7) is 2.47. The first-order valence-electron chi connectivity index (χ1n) is 6.25. The average Bonchev–Trinajstić information content (AvgIpc) is 2.82. The molecule has 1 heterocycles. The predicted molar refractivity (Wildman–Crippen MR) is 72.5 cm³/mol. The van der Waals surface area contributed by atoms with Gasteiger partial charge in [-0.05, 0) is 43.9 Å². The quantitative estimate of drug-likeness (QED) is 0.826. The molecule has 0 aliphatic heterocycles. The first kappa shape index (κ1) is 13.3. The minimum absolute atomic E-state index is 0.00525. The molecule has 3 N–H and O–H groups in total. The van der Waals surface area contributed by atoms with Gasteiger partial charge in [0.25, 0.3) is 0 Å². The van der Waals surface area contributed by atoms with Crippen LogP contribution in [0.2, 0.25) is 5.15 Å². The zero-order valence-corrected chi connectivity index (χ0v) is 11.2. The van der Waals surface area contributed by atoms with Crippen molar-refractivity contribution in [2.45, 2.75) is 26.2 Å². The Labute approximate surface area is 112 Å². The van der Waals surface area contributed by atoms with Crippen LogP contribution in [0.5, 0.6) is 0 Å². The van der Waals surface area contributed by atoms with E-state index < -0.39 is 0 Å². The number of halogens is 1. The van der Waals surface area contributed by atoms with Crippen molar-refractivity contribution in [1.29, 1.82) is 0 Å². The summed E-state index contributed by atoms with van der Waals surface area (Å²) in [5.74, 6) is 0.312. The Kier molecular flexibility index (Phi) is 4.19. The van der Waals surface area contributed by atoms with E-state index in [1.54, 1.807) is 6.20 Å². The second kappa shape index (κ2) is 5.67. The highest BCUT2D eigenvalue weighted by molar-refractivity contribution is 6.32. The van der Waals surface area contributed by atoms with Crippen LogP contribution < -0.4 is 11.1 Å². The van der Waals surface area contributed by atoms with Gasteiger partial charge in [-0.2, -0.15) is 0 Å². The second-order valence-corrected chi connectivity index (χ2v) is 5.17. The summed E-state index contributed by atoms with van der Waals surface area (Å²) < 4.78 is 0. The number of anilines is 1. The number of aromatic nitrogens is 1. The van der Waals surface area contributed by atoms with Crippen LogP contribution in [0.25, 0.3) is 0 Å². The number of nitrogens with zero attached hydrogens (tertiary/aromatic N) is 1. The second-order valence-electron chi connectivity index (χ2n) is 4.82. The third-order valence-electron chi connectivity index (χ3n) is 3.66. The number of hydrogen-bond donors (Lipinski definition) is 2. The Balaban J connectivity index is 2.12. The van der Waals surface area contributed by atoms with Gasteiger partial charge in [0.2, 0.25) is 5.91 Å². The average molecular weight is 268 g/mol. The highest BCUT2D eigenvalue weighted by Gasteiger charge is 2.32. The smallest absolute Gasteiger partial charge is 0.227 e. The van der Waals surface area contributed by atoms with Crippen molar-refractivity contribution < 1.29 is 4.79 Å². The van der Waals surface area contributed by atoms with Crippen LogP contribution in [0.1, 0.15) is 24.8 Å². The first-order chi connectivity index (χ1) is 8.63. The lowest BCUT2D eigenvalue weighted by Gasteiger charge is -2.18. The maximum atomic E-state index is 12.2. The predicted octanol–water partition coefficient (Wildman–Crippen LogP) is 2.36. The fourth-order valence-corrected chi connectivity index (χ4v) is 2.81. The Morgan fingerprint density at radius 1 is 1.61 bits per heavy atom. The number of pyridine rings is 1. The number of hydrogen-bond acceptors (Lipinski definition) is 3. The maximum Gasteiger partial charge on any atom is 0.227 e. The fraction of sp³-hybridized carbons (Fsp3) is 0.538. The van der Waals surface area contributed by atoms with Crippen molar-refractivity contribution >= 4 is 23.2 Å². The zero-order valence-electron chi connectivity index (χ0n) is 10.4. The molecule has 18 heavy (non-hydrogen) atoms. The van der Waals surface area contributed by atoms with Crippen LogP contribution in [0, 0.1) is 18.8 Å². The van der Waals surface area contributed by atoms with E-state index in [0.717, 1.165) is 24.8 Å². The standard InChI is InChI=1S/C13H18ClN3O/c1-8-5-6-16-12(14)11(8)17-13(18)10-4-2-3-9(10)7-15/h5-6,9-10H,2-4,7,15H2,1H3,(H,17,18). The number of carbonyl (C=O) groups is 1. The van der Waals surface area contributed by atoms with E-state index in [4.69, 9.17) is 17.3 Å². The molecule has 1 saturated carbocycles. The fourth-order valence-electron chi connectivity index (χ4n) is 2.56. The van der Waals surface area contributed by atoms with Gasteiger partial charge in [-0.15, -0.1) is 0 Å². The Bertz CT molecular complexity index is 430. The zero-order chi connectivity index (χ0) is 13.1. The maximum absolute atomic E-state index is 12.2. The molecule has 1 fully saturated rings. The molecule has 2 atom stereocenters. The molecule has 0 bridgehead atoms. The lowest BCUT2D eigenvalue weighted by atomic mass is 9.95. The lowest BCUT2D eigenvalue weighted by Crippen LogP contribution is -2.30. The topological polar surface area (TPSA) is 68.0 Å². The lowest BCUT2D eigenvalue weighted by molar-refractivity contribution is -0.120. The van der Waals surface area contributed by atoms with E-state index in [0.29, 0.717) is 23.3 Å². The number of rotatable bonds is 3. The van der Waals surface area contributed by atoms with Crippen LogP contribution in [0.3, 0.4) is 0 Å². The van der Waals surface area contributed by atoms with Crippen LogP contribution in [-0.4, -0.2) is 17.4 Å². The molecule has 0 saturated heterocycles. The van der Waals surface area contributed by atoms with Crippen molar-refractivity contribution in [3.63, 3.8) is 0 Å². The Morgan fingerprint density at radius 3 is 3.06 bits per heavy atom. The highest BCUT2D eigenvalue weighted by atomic mass is 35.5. The van der Waals surface area contributed by atoms with Crippen LogP contribution >= 0.6 is 11.6 Å². The molecule has 2 rings (SSSR count). The SMILES string of the molecule is Cc1ccnc(Cl)c1NC(=O)C1CCCC1CN. The van der Waals surface area contributed by atoms with Gasteiger partial charge in [-0.1, -0.05) is 18.0 Å². The molecular formula is C13H18ClN3O. The van der Waals surface area contributed by atoms with Crippen molar-refractivity contribution in [2.24, 2.45) is 17.6 Å². The van der Waals surface area contributed by atoms with Gasteiger partial charge in [-0.25, -0.2) is 4.98 Å². The van der Waals surface area contributed by atoms with Gasteiger partial charge >= 0.3 is 0 Å². The number of nitrogens with one attached hydrogen (secondary N) is 1. The molecule has 0 spiro atoms. The van der Waals surface area contributed by atoms with Gasteiger partial charge in [0.05, 0.1) is 5.69 Å². The van der Waals surface area contributed by atoms with Crippen LogP contribution in [0.15, 0.2) is 12.3 Å². The minimum Gasteiger partial charge on any atom is -0.330 e. The van der Waals surface area contributed by atoms with E-state index in [-0.39, 0.29) is 11.8 Å². The summed E-state index contributed by atoms with van der Waals surface area (Å²) >= 11 is 6.00. The number of carbonyl (C=O) groups excluding carboxylic acids is 1. The summed E-state index contributed by atoms with van der Waals surface area (Å²) in [6.07, 6.45) is 4.64. The molecule has 1 aliphatic carbocycles. The van der Waals surface area contributed by atoms with Gasteiger partial charge in [0.15, 0.2) is 5.15 Å². The largest absolute Gasteiger partial charge is 0.330 e. The molecule has 0 aromatic carbocycles. The van der Waals surface area contributed by atoms with Gasteiger partial charge in [0.1, 0.15) is 0 Å². The van der Waals surface area contributed by atoms with Crippen molar-refractivity contribution in [3.05, 3.63) is 23.0 Å². The molecule has 1 amide bonds. The van der Waals surface area contributed by atoms with Crippen molar-refractivity contribution in [3.8, 4) is 0 Å². The molecule has 1 aliphatic rings. The molecular weight excluding hydrogens is 250 g/mol. The molecule has 0 radical (unpaired) electrons. The van der Waals surface area contributed by atoms with Crippen molar-refractivity contribution in [1.82, 2.24) is 4.98 Å². The van der Waals surface area contributed by atoms with Gasteiger partial charge in [-0.3, -0.25) is 4.79 Å². The molecule has 1 aromatic heterocycles. The summed E-state index contributed by atoms with van der Waals surface area (Å²) in [6, 6.07) is 1.83. The summed E-state index contributed by atoms with van der Waals surface area (Å²) in [5, 5.41) is 3.23. The van der Waals surface area contributed by atoms with Gasteiger partial charge < -0.3 is 11.1 Å². The summed E-state index contributed by atoms with van der Waals surface area (Å²) in [4.78, 5) is 16.2. The summed E-state index contributed by atoms with van der Waals surface area (Å²) in [7, 11) is 0. The highest BCUT2D eigenvalue weighted by Crippen LogP contribution is 2.33. The van der Waals surface area contributed by atoms with Crippen LogP contribution in [0.4, 0.5) is 5.69 Å². The molecule has 2 unspecified atom stereocenters. The van der Waals surface area contributed by atoms with E-state index in [1.165, 1.54) is 0 Å². The molecule has 4 nitrogen and oxygen atoms in total. The third kappa shape index (κ3) is 2.65. The monoisotopic (exact) mass is 267 g/mol. The normalized spacial score (nSPS) is 23.1. The first-order valence-corrected chi connectivity index (χ1v) is 6.63. The minimum atomic E-state index is 0.00525. The third-order valence-corrected chi connectivity index (χ3v) is 3.95. The van der Waals surface area contributed by atoms with E-state index in [9.17, 15) is 4.79 Å². The van der Waals surface area contributed by atoms with E-state index in [1.807, 2.05) is 13.0 Å².